The van der Waals surface area contributed by atoms with E-state index in [1.54, 1.807) is 7.11 Å². The van der Waals surface area contributed by atoms with Crippen molar-refractivity contribution in [3.8, 4) is 5.75 Å². The maximum Gasteiger partial charge on any atom is 0.320 e. The first-order chi connectivity index (χ1) is 10.2. The van der Waals surface area contributed by atoms with E-state index >= 15 is 0 Å². The van der Waals surface area contributed by atoms with Crippen LogP contribution in [-0.2, 0) is 11.2 Å². The monoisotopic (exact) mass is 291 g/mol. The van der Waals surface area contributed by atoms with Crippen molar-refractivity contribution < 1.29 is 14.6 Å². The van der Waals surface area contributed by atoms with Crippen LogP contribution in [0.2, 0.25) is 0 Å². The molecule has 0 amide bonds. The number of carboxylic acid groups (broad SMARTS) is 1. The standard InChI is InChI=1S/C17H25NO3/c1-3-15(17(19)20)18-10-8-13(9-11-18)12-14-6-4-5-7-16(14)21-2/h4-7,13,15H,3,8-12H2,1-2H3,(H,19,20). The predicted octanol–water partition coefficient (Wildman–Crippen LogP) is 2.81. The Morgan fingerprint density at radius 3 is 2.62 bits per heavy atom. The third kappa shape index (κ3) is 3.97. The van der Waals surface area contributed by atoms with Gasteiger partial charge in [-0.2, -0.15) is 0 Å². The van der Waals surface area contributed by atoms with Gasteiger partial charge in [-0.15, -0.1) is 0 Å². The maximum absolute atomic E-state index is 11.2. The summed E-state index contributed by atoms with van der Waals surface area (Å²) >= 11 is 0. The minimum Gasteiger partial charge on any atom is -0.496 e. The molecule has 1 aliphatic heterocycles. The van der Waals surface area contributed by atoms with Crippen LogP contribution >= 0.6 is 0 Å². The number of carbonyl (C=O) groups is 1. The van der Waals surface area contributed by atoms with Gasteiger partial charge < -0.3 is 9.84 Å². The van der Waals surface area contributed by atoms with Crippen molar-refractivity contribution >= 4 is 5.97 Å². The molecule has 1 saturated heterocycles. The van der Waals surface area contributed by atoms with E-state index < -0.39 is 5.97 Å². The predicted molar refractivity (Wildman–Crippen MR) is 82.7 cm³/mol. The van der Waals surface area contributed by atoms with Crippen LogP contribution in [0, 0.1) is 5.92 Å². The number of hydrogen-bond donors (Lipinski definition) is 1. The smallest absolute Gasteiger partial charge is 0.320 e. The van der Waals surface area contributed by atoms with Gasteiger partial charge in [0.15, 0.2) is 0 Å². The fourth-order valence-electron chi connectivity index (χ4n) is 3.24. The van der Waals surface area contributed by atoms with E-state index in [4.69, 9.17) is 4.74 Å². The Morgan fingerprint density at radius 2 is 2.05 bits per heavy atom. The Balaban J connectivity index is 1.91. The first-order valence-corrected chi connectivity index (χ1v) is 7.74. The van der Waals surface area contributed by atoms with E-state index in [-0.39, 0.29) is 6.04 Å². The Bertz CT molecular complexity index is 467. The molecule has 2 rings (SSSR count). The third-order valence-electron chi connectivity index (χ3n) is 4.46. The van der Waals surface area contributed by atoms with Gasteiger partial charge in [0, 0.05) is 0 Å². The Kier molecular flexibility index (Phi) is 5.62. The quantitative estimate of drug-likeness (QED) is 0.875. The molecular formula is C17H25NO3. The van der Waals surface area contributed by atoms with Crippen LogP contribution in [-0.4, -0.2) is 42.2 Å². The van der Waals surface area contributed by atoms with E-state index in [9.17, 15) is 9.90 Å². The summed E-state index contributed by atoms with van der Waals surface area (Å²) in [5, 5.41) is 9.24. The number of likely N-dealkylation sites (tertiary alicyclic amines) is 1. The SMILES string of the molecule is CCC(C(=O)O)N1CCC(Cc2ccccc2OC)CC1. The minimum absolute atomic E-state index is 0.322. The van der Waals surface area contributed by atoms with Crippen LogP contribution in [0.5, 0.6) is 5.75 Å². The zero-order chi connectivity index (χ0) is 15.2. The number of nitrogens with zero attached hydrogens (tertiary/aromatic N) is 1. The fourth-order valence-corrected chi connectivity index (χ4v) is 3.24. The lowest BCUT2D eigenvalue weighted by Crippen LogP contribution is -2.45. The van der Waals surface area contributed by atoms with Crippen molar-refractivity contribution in [3.05, 3.63) is 29.8 Å². The van der Waals surface area contributed by atoms with Gasteiger partial charge in [0.05, 0.1) is 7.11 Å². The lowest BCUT2D eigenvalue weighted by Gasteiger charge is -2.35. The normalized spacial score (nSPS) is 18.4. The maximum atomic E-state index is 11.2. The molecule has 1 aromatic rings. The van der Waals surface area contributed by atoms with E-state index in [0.29, 0.717) is 12.3 Å². The molecule has 0 saturated carbocycles. The number of carboxylic acids is 1. The molecule has 4 nitrogen and oxygen atoms in total. The second-order valence-corrected chi connectivity index (χ2v) is 5.76. The Morgan fingerprint density at radius 1 is 1.38 bits per heavy atom. The molecule has 0 aliphatic carbocycles. The lowest BCUT2D eigenvalue weighted by atomic mass is 9.89. The molecule has 21 heavy (non-hydrogen) atoms. The summed E-state index contributed by atoms with van der Waals surface area (Å²) in [6.45, 7) is 3.70. The summed E-state index contributed by atoms with van der Waals surface area (Å²) in [7, 11) is 1.71. The van der Waals surface area contributed by atoms with Crippen LogP contribution in [0.1, 0.15) is 31.7 Å². The number of benzene rings is 1. The summed E-state index contributed by atoms with van der Waals surface area (Å²) in [5.41, 5.74) is 1.25. The molecule has 1 unspecified atom stereocenters. The summed E-state index contributed by atoms with van der Waals surface area (Å²) in [4.78, 5) is 13.3. The van der Waals surface area contributed by atoms with Gasteiger partial charge in [0.2, 0.25) is 0 Å². The summed E-state index contributed by atoms with van der Waals surface area (Å²) in [5.74, 6) is 0.876. The van der Waals surface area contributed by atoms with Gasteiger partial charge in [0.1, 0.15) is 11.8 Å². The molecule has 0 bridgehead atoms. The molecule has 1 atom stereocenters. The summed E-state index contributed by atoms with van der Waals surface area (Å²) in [6.07, 6.45) is 3.80. The molecule has 4 heteroatoms. The van der Waals surface area contributed by atoms with E-state index in [0.717, 1.165) is 38.1 Å². The second-order valence-electron chi connectivity index (χ2n) is 5.76. The number of piperidine rings is 1. The van der Waals surface area contributed by atoms with Gasteiger partial charge in [-0.3, -0.25) is 9.69 Å². The van der Waals surface area contributed by atoms with Crippen LogP contribution < -0.4 is 4.74 Å². The van der Waals surface area contributed by atoms with Crippen molar-refractivity contribution in [2.75, 3.05) is 20.2 Å². The first kappa shape index (κ1) is 15.8. The van der Waals surface area contributed by atoms with E-state index in [2.05, 4.69) is 11.0 Å². The summed E-state index contributed by atoms with van der Waals surface area (Å²) < 4.78 is 5.41. The number of rotatable bonds is 6. The number of aliphatic carboxylic acids is 1. The van der Waals surface area contributed by atoms with Crippen molar-refractivity contribution in [3.63, 3.8) is 0 Å². The van der Waals surface area contributed by atoms with Crippen molar-refractivity contribution in [2.24, 2.45) is 5.92 Å². The topological polar surface area (TPSA) is 49.8 Å². The highest BCUT2D eigenvalue weighted by Crippen LogP contribution is 2.27. The lowest BCUT2D eigenvalue weighted by molar-refractivity contribution is -0.144. The molecule has 116 valence electrons. The molecule has 1 aliphatic rings. The highest BCUT2D eigenvalue weighted by molar-refractivity contribution is 5.73. The first-order valence-electron chi connectivity index (χ1n) is 7.74. The van der Waals surface area contributed by atoms with Crippen molar-refractivity contribution in [1.82, 2.24) is 4.90 Å². The van der Waals surface area contributed by atoms with E-state index in [1.807, 2.05) is 25.1 Å². The average Bonchev–Trinajstić information content (AvgIpc) is 2.50. The minimum atomic E-state index is -0.694. The van der Waals surface area contributed by atoms with Crippen LogP contribution in [0.25, 0.3) is 0 Å². The average molecular weight is 291 g/mol. The molecule has 0 radical (unpaired) electrons. The molecule has 1 aromatic carbocycles. The number of hydrogen-bond acceptors (Lipinski definition) is 3. The molecule has 1 heterocycles. The molecule has 0 spiro atoms. The van der Waals surface area contributed by atoms with Crippen molar-refractivity contribution in [1.29, 1.82) is 0 Å². The fraction of sp³-hybridized carbons (Fsp3) is 0.588. The summed E-state index contributed by atoms with van der Waals surface area (Å²) in [6, 6.07) is 7.84. The van der Waals surface area contributed by atoms with Crippen LogP contribution in [0.3, 0.4) is 0 Å². The molecule has 1 fully saturated rings. The zero-order valence-electron chi connectivity index (χ0n) is 12.9. The Hall–Kier alpha value is -1.55. The largest absolute Gasteiger partial charge is 0.496 e. The Labute approximate surface area is 126 Å². The van der Waals surface area contributed by atoms with Crippen LogP contribution in [0.15, 0.2) is 24.3 Å². The molecular weight excluding hydrogens is 266 g/mol. The van der Waals surface area contributed by atoms with Crippen molar-refractivity contribution in [2.45, 2.75) is 38.6 Å². The second kappa shape index (κ2) is 7.46. The van der Waals surface area contributed by atoms with Crippen LogP contribution in [0.4, 0.5) is 0 Å². The zero-order valence-corrected chi connectivity index (χ0v) is 12.9. The third-order valence-corrected chi connectivity index (χ3v) is 4.46. The van der Waals surface area contributed by atoms with Gasteiger partial charge in [-0.05, 0) is 56.3 Å². The van der Waals surface area contributed by atoms with Gasteiger partial charge in [-0.1, -0.05) is 25.1 Å². The molecule has 0 aromatic heterocycles. The van der Waals surface area contributed by atoms with Gasteiger partial charge in [0.25, 0.3) is 0 Å². The highest BCUT2D eigenvalue weighted by Gasteiger charge is 2.28. The highest BCUT2D eigenvalue weighted by atomic mass is 16.5. The number of ether oxygens (including phenoxy) is 1. The number of para-hydroxylation sites is 1. The van der Waals surface area contributed by atoms with Gasteiger partial charge in [-0.25, -0.2) is 0 Å². The number of methoxy groups -OCH3 is 1. The van der Waals surface area contributed by atoms with E-state index in [1.165, 1.54) is 5.56 Å². The van der Waals surface area contributed by atoms with Gasteiger partial charge >= 0.3 is 5.97 Å². The molecule has 1 N–H and O–H groups in total.